The van der Waals surface area contributed by atoms with E-state index in [1.807, 2.05) is 0 Å². The molecule has 1 fully saturated rings. The van der Waals surface area contributed by atoms with E-state index >= 15 is 0 Å². The predicted octanol–water partition coefficient (Wildman–Crippen LogP) is 2.12. The molecule has 0 radical (unpaired) electrons. The number of nitrogens with zero attached hydrogens (tertiary/aromatic N) is 2. The summed E-state index contributed by atoms with van der Waals surface area (Å²) in [6.45, 7) is 0.415. The third-order valence-corrected chi connectivity index (χ3v) is 5.14. The van der Waals surface area contributed by atoms with E-state index in [0.29, 0.717) is 6.54 Å². The Morgan fingerprint density at radius 3 is 2.52 bits per heavy atom. The van der Waals surface area contributed by atoms with Gasteiger partial charge in [0, 0.05) is 30.3 Å². The molecule has 0 bridgehead atoms. The number of aromatic nitrogens is 2. The van der Waals surface area contributed by atoms with Crippen LogP contribution >= 0.6 is 0 Å². The summed E-state index contributed by atoms with van der Waals surface area (Å²) < 4.78 is 0. The van der Waals surface area contributed by atoms with E-state index in [2.05, 4.69) is 32.8 Å². The quantitative estimate of drug-likeness (QED) is 0.803. The lowest BCUT2D eigenvalue weighted by atomic mass is 9.84. The molecule has 1 unspecified atom stereocenters. The number of hydrogen-bond donors (Lipinski definition) is 2. The Bertz CT molecular complexity index is 609. The number of amides is 2. The molecular formula is C19H26N4O2. The highest BCUT2D eigenvalue weighted by molar-refractivity contribution is 5.80. The Hall–Kier alpha value is -2.24. The SMILES string of the molecule is O=C(NCc1cnccn1)C1CCC(NC(=O)C2CC=CCC2)CC1. The first-order valence-electron chi connectivity index (χ1n) is 9.20. The Morgan fingerprint density at radius 1 is 1.00 bits per heavy atom. The van der Waals surface area contributed by atoms with Crippen LogP contribution in [-0.2, 0) is 16.1 Å². The summed E-state index contributed by atoms with van der Waals surface area (Å²) >= 11 is 0. The molecule has 2 N–H and O–H groups in total. The molecule has 1 saturated carbocycles. The van der Waals surface area contributed by atoms with Crippen molar-refractivity contribution in [2.75, 3.05) is 0 Å². The minimum atomic E-state index is 0.0300. The van der Waals surface area contributed by atoms with Crippen molar-refractivity contribution in [2.45, 2.75) is 57.5 Å². The Kier molecular flexibility index (Phi) is 6.14. The van der Waals surface area contributed by atoms with Crippen molar-refractivity contribution in [3.8, 4) is 0 Å². The van der Waals surface area contributed by atoms with Crippen molar-refractivity contribution in [2.24, 2.45) is 11.8 Å². The lowest BCUT2D eigenvalue weighted by molar-refractivity contribution is -0.127. The van der Waals surface area contributed by atoms with Crippen molar-refractivity contribution >= 4 is 11.8 Å². The number of hydrogen-bond acceptors (Lipinski definition) is 4. The second kappa shape index (κ2) is 8.74. The molecule has 1 atom stereocenters. The maximum absolute atomic E-state index is 12.3. The fraction of sp³-hybridized carbons (Fsp3) is 0.579. The van der Waals surface area contributed by atoms with Gasteiger partial charge in [0.15, 0.2) is 0 Å². The van der Waals surface area contributed by atoms with E-state index in [-0.39, 0.29) is 29.7 Å². The number of carbonyl (C=O) groups is 2. The van der Waals surface area contributed by atoms with Crippen LogP contribution in [0.3, 0.4) is 0 Å². The van der Waals surface area contributed by atoms with E-state index in [4.69, 9.17) is 0 Å². The number of rotatable bonds is 5. The average Bonchev–Trinajstić information content (AvgIpc) is 2.68. The van der Waals surface area contributed by atoms with Crippen LogP contribution in [0.5, 0.6) is 0 Å². The molecule has 6 heteroatoms. The van der Waals surface area contributed by atoms with Gasteiger partial charge in [-0.1, -0.05) is 12.2 Å². The molecule has 25 heavy (non-hydrogen) atoms. The van der Waals surface area contributed by atoms with E-state index < -0.39 is 0 Å². The van der Waals surface area contributed by atoms with Crippen molar-refractivity contribution < 1.29 is 9.59 Å². The minimum Gasteiger partial charge on any atom is -0.353 e. The van der Waals surface area contributed by atoms with Crippen molar-refractivity contribution in [3.63, 3.8) is 0 Å². The van der Waals surface area contributed by atoms with Gasteiger partial charge in [0.2, 0.25) is 11.8 Å². The van der Waals surface area contributed by atoms with Crippen LogP contribution in [0.2, 0.25) is 0 Å². The van der Waals surface area contributed by atoms with E-state index in [1.54, 1.807) is 18.6 Å². The van der Waals surface area contributed by atoms with Crippen LogP contribution in [0.4, 0.5) is 0 Å². The highest BCUT2D eigenvalue weighted by Crippen LogP contribution is 2.26. The van der Waals surface area contributed by atoms with Gasteiger partial charge in [0.1, 0.15) is 0 Å². The fourth-order valence-electron chi connectivity index (χ4n) is 3.59. The Labute approximate surface area is 148 Å². The molecule has 6 nitrogen and oxygen atoms in total. The van der Waals surface area contributed by atoms with Crippen LogP contribution in [0.15, 0.2) is 30.7 Å². The first kappa shape index (κ1) is 17.6. The first-order chi connectivity index (χ1) is 12.2. The molecular weight excluding hydrogens is 316 g/mol. The molecule has 2 aliphatic rings. The third-order valence-electron chi connectivity index (χ3n) is 5.14. The number of allylic oxidation sites excluding steroid dienone is 2. The first-order valence-corrected chi connectivity index (χ1v) is 9.20. The highest BCUT2D eigenvalue weighted by Gasteiger charge is 2.28. The van der Waals surface area contributed by atoms with Gasteiger partial charge in [0.05, 0.1) is 18.4 Å². The minimum absolute atomic E-state index is 0.0300. The summed E-state index contributed by atoms with van der Waals surface area (Å²) in [6, 6.07) is 0.211. The van der Waals surface area contributed by atoms with Gasteiger partial charge >= 0.3 is 0 Å². The average molecular weight is 342 g/mol. The van der Waals surface area contributed by atoms with Crippen LogP contribution in [0.1, 0.15) is 50.6 Å². The van der Waals surface area contributed by atoms with Gasteiger partial charge in [-0.05, 0) is 44.9 Å². The summed E-state index contributed by atoms with van der Waals surface area (Å²) in [4.78, 5) is 32.7. The molecule has 1 aromatic rings. The monoisotopic (exact) mass is 342 g/mol. The normalized spacial score (nSPS) is 26.0. The molecule has 0 aromatic carbocycles. The Morgan fingerprint density at radius 2 is 1.84 bits per heavy atom. The smallest absolute Gasteiger partial charge is 0.223 e. The topological polar surface area (TPSA) is 84.0 Å². The Balaban J connectivity index is 1.38. The molecule has 134 valence electrons. The lowest BCUT2D eigenvalue weighted by Crippen LogP contribution is -2.43. The largest absolute Gasteiger partial charge is 0.353 e. The molecule has 0 aliphatic heterocycles. The van der Waals surface area contributed by atoms with E-state index in [9.17, 15) is 9.59 Å². The van der Waals surface area contributed by atoms with Crippen molar-refractivity contribution in [3.05, 3.63) is 36.4 Å². The van der Waals surface area contributed by atoms with Gasteiger partial charge in [-0.15, -0.1) is 0 Å². The van der Waals surface area contributed by atoms with Gasteiger partial charge in [-0.2, -0.15) is 0 Å². The summed E-state index contributed by atoms with van der Waals surface area (Å²) in [6.07, 6.45) is 15.3. The van der Waals surface area contributed by atoms with Crippen LogP contribution in [0, 0.1) is 11.8 Å². The fourth-order valence-corrected chi connectivity index (χ4v) is 3.59. The summed E-state index contributed by atoms with van der Waals surface area (Å²) in [5.41, 5.74) is 0.762. The maximum Gasteiger partial charge on any atom is 0.223 e. The van der Waals surface area contributed by atoms with Gasteiger partial charge in [0.25, 0.3) is 0 Å². The molecule has 2 aliphatic carbocycles. The third kappa shape index (κ3) is 5.11. The second-order valence-electron chi connectivity index (χ2n) is 6.95. The molecule has 0 spiro atoms. The lowest BCUT2D eigenvalue weighted by Gasteiger charge is -2.30. The molecule has 1 heterocycles. The zero-order valence-corrected chi connectivity index (χ0v) is 14.5. The molecule has 1 aromatic heterocycles. The summed E-state index contributed by atoms with van der Waals surface area (Å²) in [7, 11) is 0. The van der Waals surface area contributed by atoms with Gasteiger partial charge in [-0.3, -0.25) is 19.6 Å². The standard InChI is InChI=1S/C19H26N4O2/c24-18(22-13-17-12-20-10-11-21-17)15-6-8-16(9-7-15)23-19(25)14-4-2-1-3-5-14/h1-2,10-12,14-16H,3-9,13H2,(H,22,24)(H,23,25). The zero-order chi connectivity index (χ0) is 17.5. The number of carbonyl (C=O) groups excluding carboxylic acids is 2. The summed E-state index contributed by atoms with van der Waals surface area (Å²) in [5, 5.41) is 6.12. The zero-order valence-electron chi connectivity index (χ0n) is 14.5. The van der Waals surface area contributed by atoms with E-state index in [1.165, 1.54) is 0 Å². The second-order valence-corrected chi connectivity index (χ2v) is 6.95. The predicted molar refractivity (Wildman–Crippen MR) is 94.2 cm³/mol. The van der Waals surface area contributed by atoms with Gasteiger partial charge in [-0.25, -0.2) is 0 Å². The molecule has 0 saturated heterocycles. The van der Waals surface area contributed by atoms with Crippen LogP contribution in [-0.4, -0.2) is 27.8 Å². The van der Waals surface area contributed by atoms with Crippen molar-refractivity contribution in [1.82, 2.24) is 20.6 Å². The number of nitrogens with one attached hydrogen (secondary N) is 2. The molecule has 3 rings (SSSR count). The van der Waals surface area contributed by atoms with Crippen LogP contribution in [0.25, 0.3) is 0 Å². The maximum atomic E-state index is 12.3. The molecule has 2 amide bonds. The van der Waals surface area contributed by atoms with Gasteiger partial charge < -0.3 is 10.6 Å². The van der Waals surface area contributed by atoms with E-state index in [0.717, 1.165) is 50.6 Å². The van der Waals surface area contributed by atoms with Crippen LogP contribution < -0.4 is 10.6 Å². The summed E-state index contributed by atoms with van der Waals surface area (Å²) in [5.74, 6) is 0.410. The van der Waals surface area contributed by atoms with Crippen molar-refractivity contribution in [1.29, 1.82) is 0 Å². The highest BCUT2D eigenvalue weighted by atomic mass is 16.2.